The van der Waals surface area contributed by atoms with Gasteiger partial charge in [-0.05, 0) is 36.4 Å². The molecular formula is C19H13ClN6O2. The van der Waals surface area contributed by atoms with Crippen LogP contribution in [0.2, 0.25) is 5.02 Å². The highest BCUT2D eigenvalue weighted by Gasteiger charge is 2.15. The molecule has 3 heterocycles. The van der Waals surface area contributed by atoms with Gasteiger partial charge in [0.25, 0.3) is 11.8 Å². The smallest absolute Gasteiger partial charge is 0.258 e. The first-order valence-electron chi connectivity index (χ1n) is 8.23. The Labute approximate surface area is 164 Å². The van der Waals surface area contributed by atoms with E-state index < -0.39 is 5.91 Å². The predicted molar refractivity (Wildman–Crippen MR) is 105 cm³/mol. The van der Waals surface area contributed by atoms with E-state index in [1.54, 1.807) is 59.1 Å². The minimum atomic E-state index is -0.403. The molecule has 3 aromatic heterocycles. The van der Waals surface area contributed by atoms with Crippen LogP contribution in [0.4, 0.5) is 11.5 Å². The van der Waals surface area contributed by atoms with Crippen molar-refractivity contribution in [1.29, 1.82) is 0 Å². The van der Waals surface area contributed by atoms with Crippen LogP contribution in [0.1, 0.15) is 20.7 Å². The first-order valence-corrected chi connectivity index (χ1v) is 8.60. The lowest BCUT2D eigenvalue weighted by Gasteiger charge is -2.11. The Kier molecular flexibility index (Phi) is 4.69. The molecule has 9 heteroatoms. The number of para-hydroxylation sites is 1. The van der Waals surface area contributed by atoms with Crippen molar-refractivity contribution in [2.45, 2.75) is 0 Å². The minimum absolute atomic E-state index is 0.304. The molecule has 0 aliphatic heterocycles. The summed E-state index contributed by atoms with van der Waals surface area (Å²) in [7, 11) is 0. The Morgan fingerprint density at radius 3 is 2.64 bits per heavy atom. The Balaban J connectivity index is 1.55. The second kappa shape index (κ2) is 7.45. The maximum Gasteiger partial charge on any atom is 0.258 e. The first-order chi connectivity index (χ1) is 13.6. The Bertz CT molecular complexity index is 1170. The molecule has 0 unspecified atom stereocenters. The number of nitrogens with zero attached hydrogens (tertiary/aromatic N) is 4. The third-order valence-corrected chi connectivity index (χ3v) is 4.17. The van der Waals surface area contributed by atoms with Gasteiger partial charge in [0, 0.05) is 12.4 Å². The van der Waals surface area contributed by atoms with Crippen LogP contribution in [0.15, 0.2) is 67.3 Å². The maximum absolute atomic E-state index is 12.6. The summed E-state index contributed by atoms with van der Waals surface area (Å²) < 4.78 is 1.64. The number of pyridine rings is 2. The SMILES string of the molecule is O=C(Nc1ccccc1C(=O)Nc1ccc(Cl)cn1)c1ccc2nncn2c1. The number of hydrogen-bond donors (Lipinski definition) is 2. The zero-order valence-electron chi connectivity index (χ0n) is 14.3. The van der Waals surface area contributed by atoms with E-state index >= 15 is 0 Å². The standard InChI is InChI=1S/C19H13ClN6O2/c20-13-6-7-16(21-9-13)24-19(28)14-3-1-2-4-15(14)23-18(27)12-5-8-17-25-22-11-26(17)10-12/h1-11H,(H,23,27)(H,21,24,28). The van der Waals surface area contributed by atoms with Crippen molar-refractivity contribution in [3.8, 4) is 0 Å². The molecule has 4 aromatic rings. The van der Waals surface area contributed by atoms with Crippen molar-refractivity contribution in [3.05, 3.63) is 83.4 Å². The molecule has 0 atom stereocenters. The van der Waals surface area contributed by atoms with Crippen LogP contribution < -0.4 is 10.6 Å². The number of rotatable bonds is 4. The number of halogens is 1. The normalized spacial score (nSPS) is 10.6. The highest BCUT2D eigenvalue weighted by atomic mass is 35.5. The fourth-order valence-corrected chi connectivity index (χ4v) is 2.69. The molecule has 1 aromatic carbocycles. The number of carbonyl (C=O) groups is 2. The molecule has 0 spiro atoms. The average molecular weight is 393 g/mol. The molecule has 0 radical (unpaired) electrons. The van der Waals surface area contributed by atoms with E-state index in [9.17, 15) is 9.59 Å². The molecule has 4 rings (SSSR count). The van der Waals surface area contributed by atoms with Crippen LogP contribution >= 0.6 is 11.6 Å². The topological polar surface area (TPSA) is 101 Å². The van der Waals surface area contributed by atoms with Crippen molar-refractivity contribution < 1.29 is 9.59 Å². The van der Waals surface area contributed by atoms with Crippen molar-refractivity contribution in [3.63, 3.8) is 0 Å². The van der Waals surface area contributed by atoms with Gasteiger partial charge in [-0.3, -0.25) is 14.0 Å². The van der Waals surface area contributed by atoms with E-state index in [4.69, 9.17) is 11.6 Å². The minimum Gasteiger partial charge on any atom is -0.321 e. The predicted octanol–water partition coefficient (Wildman–Crippen LogP) is 3.28. The maximum atomic E-state index is 12.6. The van der Waals surface area contributed by atoms with E-state index in [0.717, 1.165) is 0 Å². The molecule has 0 aliphatic carbocycles. The van der Waals surface area contributed by atoms with Crippen LogP contribution in [-0.4, -0.2) is 31.4 Å². The summed E-state index contributed by atoms with van der Waals surface area (Å²) in [6.45, 7) is 0. The van der Waals surface area contributed by atoms with Crippen molar-refractivity contribution in [1.82, 2.24) is 19.6 Å². The molecule has 0 aliphatic rings. The molecule has 138 valence electrons. The molecule has 0 fully saturated rings. The van der Waals surface area contributed by atoms with Crippen molar-refractivity contribution >= 4 is 40.6 Å². The van der Waals surface area contributed by atoms with Gasteiger partial charge in [0.2, 0.25) is 0 Å². The van der Waals surface area contributed by atoms with Gasteiger partial charge in [-0.2, -0.15) is 0 Å². The Morgan fingerprint density at radius 1 is 0.964 bits per heavy atom. The van der Waals surface area contributed by atoms with Crippen LogP contribution in [0.25, 0.3) is 5.65 Å². The molecule has 2 amide bonds. The number of fused-ring (bicyclic) bond motifs is 1. The molecule has 0 saturated heterocycles. The molecule has 2 N–H and O–H groups in total. The van der Waals surface area contributed by atoms with Crippen molar-refractivity contribution in [2.75, 3.05) is 10.6 Å². The van der Waals surface area contributed by atoms with Gasteiger partial charge in [0.05, 0.1) is 21.8 Å². The first kappa shape index (κ1) is 17.6. The molecule has 0 bridgehead atoms. The summed E-state index contributed by atoms with van der Waals surface area (Å²) in [5.74, 6) is -0.408. The zero-order valence-corrected chi connectivity index (χ0v) is 15.1. The van der Waals surface area contributed by atoms with Crippen LogP contribution in [0, 0.1) is 0 Å². The summed E-state index contributed by atoms with van der Waals surface area (Å²) in [6, 6.07) is 13.3. The Morgan fingerprint density at radius 2 is 1.82 bits per heavy atom. The van der Waals surface area contributed by atoms with Gasteiger partial charge in [0.15, 0.2) is 5.65 Å². The Hall–Kier alpha value is -3.78. The van der Waals surface area contributed by atoms with Crippen LogP contribution in [0.3, 0.4) is 0 Å². The van der Waals surface area contributed by atoms with E-state index in [-0.39, 0.29) is 5.91 Å². The largest absolute Gasteiger partial charge is 0.321 e. The summed E-state index contributed by atoms with van der Waals surface area (Å²) in [5, 5.41) is 13.6. The summed E-state index contributed by atoms with van der Waals surface area (Å²) in [5.41, 5.74) is 1.72. The number of hydrogen-bond acceptors (Lipinski definition) is 5. The van der Waals surface area contributed by atoms with E-state index in [1.807, 2.05) is 0 Å². The summed E-state index contributed by atoms with van der Waals surface area (Å²) in [6.07, 6.45) is 4.56. The second-order valence-electron chi connectivity index (χ2n) is 5.83. The monoisotopic (exact) mass is 392 g/mol. The number of amides is 2. The molecule has 28 heavy (non-hydrogen) atoms. The van der Waals surface area contributed by atoms with E-state index in [0.29, 0.717) is 33.3 Å². The number of aromatic nitrogens is 4. The van der Waals surface area contributed by atoms with Crippen LogP contribution in [-0.2, 0) is 0 Å². The lowest BCUT2D eigenvalue weighted by Crippen LogP contribution is -2.18. The van der Waals surface area contributed by atoms with E-state index in [1.165, 1.54) is 12.5 Å². The van der Waals surface area contributed by atoms with Gasteiger partial charge in [-0.25, -0.2) is 4.98 Å². The highest BCUT2D eigenvalue weighted by molar-refractivity contribution is 6.30. The van der Waals surface area contributed by atoms with E-state index in [2.05, 4.69) is 25.8 Å². The fraction of sp³-hybridized carbons (Fsp3) is 0. The average Bonchev–Trinajstić information content (AvgIpc) is 3.18. The fourth-order valence-electron chi connectivity index (χ4n) is 2.58. The van der Waals surface area contributed by atoms with Crippen LogP contribution in [0.5, 0.6) is 0 Å². The molecular weight excluding hydrogens is 380 g/mol. The lowest BCUT2D eigenvalue weighted by atomic mass is 10.1. The third-order valence-electron chi connectivity index (χ3n) is 3.94. The number of anilines is 2. The molecule has 8 nitrogen and oxygen atoms in total. The van der Waals surface area contributed by atoms with Gasteiger partial charge in [-0.15, -0.1) is 10.2 Å². The van der Waals surface area contributed by atoms with Gasteiger partial charge >= 0.3 is 0 Å². The highest BCUT2D eigenvalue weighted by Crippen LogP contribution is 2.18. The summed E-state index contributed by atoms with van der Waals surface area (Å²) in [4.78, 5) is 29.3. The number of nitrogens with one attached hydrogen (secondary N) is 2. The van der Waals surface area contributed by atoms with Gasteiger partial charge < -0.3 is 10.6 Å². The third kappa shape index (κ3) is 3.67. The van der Waals surface area contributed by atoms with Crippen molar-refractivity contribution in [2.24, 2.45) is 0 Å². The number of carbonyl (C=O) groups excluding carboxylic acids is 2. The lowest BCUT2D eigenvalue weighted by molar-refractivity contribution is 0.102. The summed E-state index contributed by atoms with van der Waals surface area (Å²) >= 11 is 5.80. The molecule has 0 saturated carbocycles. The van der Waals surface area contributed by atoms with Gasteiger partial charge in [0.1, 0.15) is 12.1 Å². The van der Waals surface area contributed by atoms with Gasteiger partial charge in [-0.1, -0.05) is 23.7 Å². The number of benzene rings is 1. The zero-order chi connectivity index (χ0) is 19.5. The quantitative estimate of drug-likeness (QED) is 0.555. The second-order valence-corrected chi connectivity index (χ2v) is 6.27.